The molecule has 0 saturated carbocycles. The van der Waals surface area contributed by atoms with E-state index in [9.17, 15) is 0 Å². The molecule has 0 radical (unpaired) electrons. The molecule has 0 aliphatic rings. The van der Waals surface area contributed by atoms with Crippen molar-refractivity contribution in [3.8, 4) is 0 Å². The molecule has 0 spiro atoms. The van der Waals surface area contributed by atoms with Gasteiger partial charge in [0.2, 0.25) is 0 Å². The number of hydrogen-bond acceptors (Lipinski definition) is 3. The van der Waals surface area contributed by atoms with Gasteiger partial charge < -0.3 is 16.4 Å². The molecule has 3 heteroatoms. The maximum absolute atomic E-state index is 3.22. The van der Waals surface area contributed by atoms with Gasteiger partial charge in [0.15, 0.2) is 0 Å². The lowest BCUT2D eigenvalue weighted by atomic mass is 10.2. The quantitative estimate of drug-likeness (QED) is 0.635. The fourth-order valence-electron chi connectivity index (χ4n) is 0.858. The zero-order chi connectivity index (χ0) is 7.98. The third-order valence-electron chi connectivity index (χ3n) is 1.74. The largest absolute Gasteiger partial charge is 0.344 e. The van der Waals surface area contributed by atoms with Crippen LogP contribution in [0.25, 0.3) is 0 Å². The Morgan fingerprint density at radius 2 is 1.91 bits per heavy atom. The second-order valence-corrected chi connectivity index (χ2v) is 3.14. The van der Waals surface area contributed by atoms with Crippen LogP contribution in [-0.4, -0.2) is 38.6 Å². The second kappa shape index (κ2) is 7.98. The van der Waals surface area contributed by atoms with E-state index in [4.69, 9.17) is 0 Å². The minimum atomic E-state index is 0. The van der Waals surface area contributed by atoms with Crippen LogP contribution < -0.4 is 11.5 Å². The highest BCUT2D eigenvalue weighted by Crippen LogP contribution is 1.95. The standard InChI is InChI=1S/C8H20N2.H3N/c1-8(9-2)6-5-7-10(3)4;/h8-9H,5-7H2,1-4H3;1H3. The summed E-state index contributed by atoms with van der Waals surface area (Å²) in [5.74, 6) is 0. The summed E-state index contributed by atoms with van der Waals surface area (Å²) in [5.41, 5.74) is 0. The number of hydrogen-bond donors (Lipinski definition) is 2. The van der Waals surface area contributed by atoms with Crippen molar-refractivity contribution < 1.29 is 0 Å². The highest BCUT2D eigenvalue weighted by atomic mass is 15.0. The summed E-state index contributed by atoms with van der Waals surface area (Å²) in [7, 11) is 6.24. The van der Waals surface area contributed by atoms with E-state index in [-0.39, 0.29) is 6.15 Å². The van der Waals surface area contributed by atoms with Gasteiger partial charge in [-0.3, -0.25) is 0 Å². The van der Waals surface area contributed by atoms with Gasteiger partial charge in [-0.25, -0.2) is 0 Å². The number of nitrogens with one attached hydrogen (secondary N) is 1. The summed E-state index contributed by atoms with van der Waals surface area (Å²) in [6.45, 7) is 3.42. The minimum absolute atomic E-state index is 0. The first-order valence-electron chi connectivity index (χ1n) is 3.98. The van der Waals surface area contributed by atoms with Crippen LogP contribution in [0.4, 0.5) is 0 Å². The van der Waals surface area contributed by atoms with Gasteiger partial charge >= 0.3 is 0 Å². The zero-order valence-electron chi connectivity index (χ0n) is 8.35. The Labute approximate surface area is 70.7 Å². The lowest BCUT2D eigenvalue weighted by Crippen LogP contribution is -2.23. The van der Waals surface area contributed by atoms with Gasteiger partial charge in [-0.2, -0.15) is 0 Å². The zero-order valence-corrected chi connectivity index (χ0v) is 8.35. The summed E-state index contributed by atoms with van der Waals surface area (Å²) >= 11 is 0. The molecule has 4 N–H and O–H groups in total. The Morgan fingerprint density at radius 1 is 1.36 bits per heavy atom. The van der Waals surface area contributed by atoms with Gasteiger partial charge in [0.25, 0.3) is 0 Å². The van der Waals surface area contributed by atoms with Crippen molar-refractivity contribution in [1.29, 1.82) is 0 Å². The molecule has 0 aromatic carbocycles. The highest BCUT2D eigenvalue weighted by Gasteiger charge is 1.96. The van der Waals surface area contributed by atoms with E-state index in [1.54, 1.807) is 0 Å². The summed E-state index contributed by atoms with van der Waals surface area (Å²) in [4.78, 5) is 2.22. The van der Waals surface area contributed by atoms with Gasteiger partial charge in [-0.1, -0.05) is 0 Å². The molecule has 0 saturated heterocycles. The van der Waals surface area contributed by atoms with E-state index in [1.807, 2.05) is 7.05 Å². The third-order valence-corrected chi connectivity index (χ3v) is 1.74. The lowest BCUT2D eigenvalue weighted by Gasteiger charge is -2.12. The molecular weight excluding hydrogens is 138 g/mol. The van der Waals surface area contributed by atoms with Crippen LogP contribution in [0.3, 0.4) is 0 Å². The van der Waals surface area contributed by atoms with Gasteiger partial charge in [0.05, 0.1) is 0 Å². The summed E-state index contributed by atoms with van der Waals surface area (Å²) < 4.78 is 0. The topological polar surface area (TPSA) is 50.3 Å². The average molecular weight is 161 g/mol. The first kappa shape index (κ1) is 13.5. The van der Waals surface area contributed by atoms with E-state index in [2.05, 4.69) is 31.2 Å². The minimum Gasteiger partial charge on any atom is -0.344 e. The van der Waals surface area contributed by atoms with E-state index >= 15 is 0 Å². The second-order valence-electron chi connectivity index (χ2n) is 3.14. The average Bonchev–Trinajstić information content (AvgIpc) is 1.87. The predicted molar refractivity (Wildman–Crippen MR) is 51.3 cm³/mol. The monoisotopic (exact) mass is 161 g/mol. The lowest BCUT2D eigenvalue weighted by molar-refractivity contribution is 0.380. The first-order chi connectivity index (χ1) is 4.66. The van der Waals surface area contributed by atoms with Crippen LogP contribution in [0, 0.1) is 0 Å². The van der Waals surface area contributed by atoms with Crippen LogP contribution in [0.2, 0.25) is 0 Å². The predicted octanol–water partition coefficient (Wildman–Crippen LogP) is 1.10. The fourth-order valence-corrected chi connectivity index (χ4v) is 0.858. The molecule has 1 unspecified atom stereocenters. The first-order valence-corrected chi connectivity index (χ1v) is 3.98. The molecule has 0 heterocycles. The Morgan fingerprint density at radius 3 is 2.27 bits per heavy atom. The smallest absolute Gasteiger partial charge is 0.00362 e. The SMILES string of the molecule is CNC(C)CCCN(C)C.N. The molecule has 0 bridgehead atoms. The highest BCUT2D eigenvalue weighted by molar-refractivity contribution is 4.57. The fraction of sp³-hybridized carbons (Fsp3) is 1.00. The Hall–Kier alpha value is -0.120. The van der Waals surface area contributed by atoms with Crippen molar-refractivity contribution in [2.24, 2.45) is 0 Å². The number of nitrogens with zero attached hydrogens (tertiary/aromatic N) is 1. The van der Waals surface area contributed by atoms with Crippen LogP contribution in [-0.2, 0) is 0 Å². The Kier molecular flexibility index (Phi) is 9.77. The maximum Gasteiger partial charge on any atom is 0.00362 e. The molecule has 0 rings (SSSR count). The molecule has 0 fully saturated rings. The van der Waals surface area contributed by atoms with Crippen LogP contribution in [0.1, 0.15) is 19.8 Å². The Bertz CT molecular complexity index is 73.7. The summed E-state index contributed by atoms with van der Waals surface area (Å²) in [6.07, 6.45) is 2.56. The molecule has 0 aliphatic carbocycles. The van der Waals surface area contributed by atoms with Crippen molar-refractivity contribution >= 4 is 0 Å². The van der Waals surface area contributed by atoms with Gasteiger partial charge in [0, 0.05) is 6.04 Å². The maximum atomic E-state index is 3.22. The molecule has 0 aliphatic heterocycles. The molecule has 3 nitrogen and oxygen atoms in total. The van der Waals surface area contributed by atoms with Gasteiger partial charge in [0.1, 0.15) is 0 Å². The third kappa shape index (κ3) is 9.88. The number of rotatable bonds is 5. The van der Waals surface area contributed by atoms with Crippen LogP contribution >= 0.6 is 0 Å². The van der Waals surface area contributed by atoms with E-state index in [0.29, 0.717) is 6.04 Å². The van der Waals surface area contributed by atoms with Crippen LogP contribution in [0.15, 0.2) is 0 Å². The molecule has 0 amide bonds. The molecular formula is C8H23N3. The van der Waals surface area contributed by atoms with Crippen molar-refractivity contribution in [2.75, 3.05) is 27.7 Å². The van der Waals surface area contributed by atoms with Crippen LogP contribution in [0.5, 0.6) is 0 Å². The van der Waals surface area contributed by atoms with E-state index in [0.717, 1.165) is 0 Å². The summed E-state index contributed by atoms with van der Waals surface area (Å²) in [5, 5.41) is 3.22. The van der Waals surface area contributed by atoms with Crippen molar-refractivity contribution in [3.63, 3.8) is 0 Å². The molecule has 0 aromatic heterocycles. The Balaban J connectivity index is 0. The van der Waals surface area contributed by atoms with E-state index < -0.39 is 0 Å². The van der Waals surface area contributed by atoms with Crippen molar-refractivity contribution in [1.82, 2.24) is 16.4 Å². The molecule has 0 aromatic rings. The van der Waals surface area contributed by atoms with Gasteiger partial charge in [-0.05, 0) is 47.5 Å². The summed E-state index contributed by atoms with van der Waals surface area (Å²) in [6, 6.07) is 0.667. The molecule has 70 valence electrons. The molecule has 1 atom stereocenters. The normalized spacial score (nSPS) is 12.8. The van der Waals surface area contributed by atoms with E-state index in [1.165, 1.54) is 19.4 Å². The van der Waals surface area contributed by atoms with Gasteiger partial charge in [-0.15, -0.1) is 0 Å². The van der Waals surface area contributed by atoms with Crippen molar-refractivity contribution in [2.45, 2.75) is 25.8 Å². The molecule has 11 heavy (non-hydrogen) atoms. The van der Waals surface area contributed by atoms with Crippen molar-refractivity contribution in [3.05, 3.63) is 0 Å².